The summed E-state index contributed by atoms with van der Waals surface area (Å²) in [7, 11) is 0. The molecule has 0 bridgehead atoms. The third-order valence-corrected chi connectivity index (χ3v) is 6.40. The first-order valence-electron chi connectivity index (χ1n) is 5.72. The fourth-order valence-electron chi connectivity index (χ4n) is 2.48. The highest BCUT2D eigenvalue weighted by Crippen LogP contribution is 2.49. The molecule has 0 radical (unpaired) electrons. The molecule has 2 rings (SSSR count). The van der Waals surface area contributed by atoms with Crippen molar-refractivity contribution in [2.45, 2.75) is 43.5 Å². The van der Waals surface area contributed by atoms with Crippen LogP contribution in [0.2, 0.25) is 0 Å². The number of allylic oxidation sites excluding steroid dienone is 1. The first-order valence-corrected chi connectivity index (χ1v) is 7.43. The quantitative estimate of drug-likeness (QED) is 0.490. The number of alkyl halides is 1. The van der Waals surface area contributed by atoms with Crippen LogP contribution in [0.1, 0.15) is 33.1 Å². The van der Waals surface area contributed by atoms with E-state index < -0.39 is 5.60 Å². The molecule has 0 N–H and O–H groups in total. The van der Waals surface area contributed by atoms with E-state index in [9.17, 15) is 4.79 Å². The average Bonchev–Trinajstić information content (AvgIpc) is 2.27. The average molecular weight is 352 g/mol. The minimum atomic E-state index is -0.457. The third-order valence-electron chi connectivity index (χ3n) is 3.83. The van der Waals surface area contributed by atoms with Crippen LogP contribution in [-0.4, -0.2) is 16.4 Å². The van der Waals surface area contributed by atoms with Crippen LogP contribution in [0.5, 0.6) is 0 Å². The fourth-order valence-corrected chi connectivity index (χ4v) is 4.57. The van der Waals surface area contributed by atoms with Crippen LogP contribution in [0.15, 0.2) is 10.6 Å². The Kier molecular flexibility index (Phi) is 3.51. The van der Waals surface area contributed by atoms with E-state index in [4.69, 9.17) is 4.74 Å². The zero-order chi connectivity index (χ0) is 11.9. The van der Waals surface area contributed by atoms with Gasteiger partial charge in [0.15, 0.2) is 5.60 Å². The van der Waals surface area contributed by atoms with Crippen LogP contribution < -0.4 is 0 Å². The molecule has 0 unspecified atom stereocenters. The molecule has 1 fully saturated rings. The molecule has 2 nitrogen and oxygen atoms in total. The van der Waals surface area contributed by atoms with Gasteiger partial charge < -0.3 is 4.74 Å². The number of hydrogen-bond acceptors (Lipinski definition) is 2. The van der Waals surface area contributed by atoms with Gasteiger partial charge in [-0.3, -0.25) is 4.79 Å². The molecule has 0 aromatic heterocycles. The van der Waals surface area contributed by atoms with Gasteiger partial charge in [-0.15, -0.1) is 0 Å². The lowest BCUT2D eigenvalue weighted by atomic mass is 9.76. The Labute approximate surface area is 113 Å². The van der Waals surface area contributed by atoms with Crippen molar-refractivity contribution in [1.82, 2.24) is 0 Å². The number of ether oxygens (including phenoxy) is 1. The number of halogens is 2. The Hall–Kier alpha value is 0.170. The summed E-state index contributed by atoms with van der Waals surface area (Å²) < 4.78 is 6.75. The Morgan fingerprint density at radius 3 is 2.81 bits per heavy atom. The molecule has 1 saturated heterocycles. The van der Waals surface area contributed by atoms with Gasteiger partial charge in [0.1, 0.15) is 0 Å². The summed E-state index contributed by atoms with van der Waals surface area (Å²) in [6.07, 6.45) is 5.17. The number of carbonyl (C=O) groups is 1. The zero-order valence-electron chi connectivity index (χ0n) is 9.50. The van der Waals surface area contributed by atoms with Crippen molar-refractivity contribution >= 4 is 37.8 Å². The minimum absolute atomic E-state index is 0.0303. The van der Waals surface area contributed by atoms with E-state index in [2.05, 4.69) is 44.9 Å². The third kappa shape index (κ3) is 1.78. The lowest BCUT2D eigenvalue weighted by molar-refractivity contribution is -0.172. The molecule has 16 heavy (non-hydrogen) atoms. The second-order valence-electron chi connectivity index (χ2n) is 4.80. The Morgan fingerprint density at radius 2 is 2.19 bits per heavy atom. The van der Waals surface area contributed by atoms with Gasteiger partial charge in [-0.2, -0.15) is 0 Å². The molecule has 4 heteroatoms. The van der Waals surface area contributed by atoms with Gasteiger partial charge in [0, 0.05) is 4.48 Å². The predicted octanol–water partition coefficient (Wildman–Crippen LogP) is 3.78. The van der Waals surface area contributed by atoms with Crippen LogP contribution in [0, 0.1) is 11.8 Å². The van der Waals surface area contributed by atoms with E-state index in [0.717, 1.165) is 23.7 Å². The van der Waals surface area contributed by atoms with Gasteiger partial charge >= 0.3 is 5.97 Å². The first-order chi connectivity index (χ1) is 7.49. The van der Waals surface area contributed by atoms with Crippen molar-refractivity contribution in [2.24, 2.45) is 11.8 Å². The van der Waals surface area contributed by atoms with Crippen molar-refractivity contribution in [3.63, 3.8) is 0 Å². The SMILES string of the molecule is C[C@@H]1[C@@H](Br)[C@]2(CCCC=C2Br)OC(=O)[C@@H]1C. The molecular formula is C12H16Br2O2. The summed E-state index contributed by atoms with van der Waals surface area (Å²) in [4.78, 5) is 12.1. The lowest BCUT2D eigenvalue weighted by Crippen LogP contribution is -2.55. The Morgan fingerprint density at radius 1 is 1.50 bits per heavy atom. The highest BCUT2D eigenvalue weighted by molar-refractivity contribution is 9.12. The maximum absolute atomic E-state index is 11.9. The summed E-state index contributed by atoms with van der Waals surface area (Å²) in [6, 6.07) is 0. The molecule has 4 atom stereocenters. The zero-order valence-corrected chi connectivity index (χ0v) is 12.7. The molecular weight excluding hydrogens is 336 g/mol. The van der Waals surface area contributed by atoms with E-state index in [1.807, 2.05) is 6.92 Å². The van der Waals surface area contributed by atoms with Crippen LogP contribution in [-0.2, 0) is 9.53 Å². The maximum Gasteiger partial charge on any atom is 0.309 e. The number of hydrogen-bond donors (Lipinski definition) is 0. The van der Waals surface area contributed by atoms with Crippen LogP contribution >= 0.6 is 31.9 Å². The summed E-state index contributed by atoms with van der Waals surface area (Å²) in [5.74, 6) is 0.188. The monoisotopic (exact) mass is 350 g/mol. The molecule has 0 saturated carbocycles. The van der Waals surface area contributed by atoms with Gasteiger partial charge in [0.25, 0.3) is 0 Å². The van der Waals surface area contributed by atoms with Crippen molar-refractivity contribution in [3.8, 4) is 0 Å². The molecule has 0 amide bonds. The summed E-state index contributed by atoms with van der Waals surface area (Å²) in [6.45, 7) is 4.05. The van der Waals surface area contributed by atoms with E-state index in [1.165, 1.54) is 0 Å². The predicted molar refractivity (Wildman–Crippen MR) is 70.7 cm³/mol. The van der Waals surface area contributed by atoms with Gasteiger partial charge in [-0.1, -0.05) is 51.8 Å². The van der Waals surface area contributed by atoms with E-state index >= 15 is 0 Å². The van der Waals surface area contributed by atoms with Crippen molar-refractivity contribution in [3.05, 3.63) is 10.6 Å². The van der Waals surface area contributed by atoms with Crippen molar-refractivity contribution in [2.75, 3.05) is 0 Å². The maximum atomic E-state index is 11.9. The topological polar surface area (TPSA) is 26.3 Å². The molecule has 1 aliphatic heterocycles. The molecule has 1 heterocycles. The number of esters is 1. The second-order valence-corrected chi connectivity index (χ2v) is 6.65. The largest absolute Gasteiger partial charge is 0.452 e. The van der Waals surface area contributed by atoms with Gasteiger partial charge in [0.2, 0.25) is 0 Å². The first kappa shape index (κ1) is 12.6. The molecule has 90 valence electrons. The van der Waals surface area contributed by atoms with Gasteiger partial charge in [-0.05, 0) is 25.2 Å². The number of carbonyl (C=O) groups excluding carboxylic acids is 1. The normalized spacial score (nSPS) is 44.1. The molecule has 0 aromatic rings. The Balaban J connectivity index is 2.37. The van der Waals surface area contributed by atoms with E-state index in [0.29, 0.717) is 5.92 Å². The highest BCUT2D eigenvalue weighted by atomic mass is 79.9. The van der Waals surface area contributed by atoms with Crippen molar-refractivity contribution in [1.29, 1.82) is 0 Å². The lowest BCUT2D eigenvalue weighted by Gasteiger charge is -2.47. The highest BCUT2D eigenvalue weighted by Gasteiger charge is 2.53. The summed E-state index contributed by atoms with van der Waals surface area (Å²) in [5.41, 5.74) is -0.457. The van der Waals surface area contributed by atoms with E-state index in [-0.39, 0.29) is 16.7 Å². The van der Waals surface area contributed by atoms with Crippen molar-refractivity contribution < 1.29 is 9.53 Å². The molecule has 1 aliphatic carbocycles. The van der Waals surface area contributed by atoms with Gasteiger partial charge in [0.05, 0.1) is 10.7 Å². The second kappa shape index (κ2) is 4.45. The minimum Gasteiger partial charge on any atom is -0.452 e. The van der Waals surface area contributed by atoms with Crippen LogP contribution in [0.4, 0.5) is 0 Å². The Bertz CT molecular complexity index is 340. The van der Waals surface area contributed by atoms with Crippen LogP contribution in [0.25, 0.3) is 0 Å². The number of rotatable bonds is 0. The molecule has 2 aliphatic rings. The standard InChI is InChI=1S/C12H16Br2O2/c1-7-8(2)11(15)16-12(10(7)14)6-4-3-5-9(12)13/h5,7-8,10H,3-4,6H2,1-2H3/t7-,8+,10+,12+/m0/s1. The summed E-state index contributed by atoms with van der Waals surface area (Å²) >= 11 is 7.31. The fraction of sp³-hybridized carbons (Fsp3) is 0.750. The van der Waals surface area contributed by atoms with E-state index in [1.54, 1.807) is 0 Å². The molecule has 0 aromatic carbocycles. The smallest absolute Gasteiger partial charge is 0.309 e. The molecule has 1 spiro atoms. The van der Waals surface area contributed by atoms with Crippen LogP contribution in [0.3, 0.4) is 0 Å². The summed E-state index contributed by atoms with van der Waals surface area (Å²) in [5, 5.41) is 0. The van der Waals surface area contributed by atoms with Gasteiger partial charge in [-0.25, -0.2) is 0 Å².